The van der Waals surface area contributed by atoms with Crippen LogP contribution in [0.5, 0.6) is 11.8 Å². The highest BCUT2D eigenvalue weighted by molar-refractivity contribution is 5.94. The summed E-state index contributed by atoms with van der Waals surface area (Å²) in [7, 11) is 0. The van der Waals surface area contributed by atoms with Crippen LogP contribution in [0.15, 0.2) is 46.4 Å². The summed E-state index contributed by atoms with van der Waals surface area (Å²) in [6, 6.07) is 10.1. The van der Waals surface area contributed by atoms with E-state index in [9.17, 15) is 15.0 Å². The summed E-state index contributed by atoms with van der Waals surface area (Å²) < 4.78 is 1.41. The van der Waals surface area contributed by atoms with Crippen molar-refractivity contribution in [1.82, 2.24) is 4.57 Å². The van der Waals surface area contributed by atoms with Crippen LogP contribution >= 0.6 is 0 Å². The quantitative estimate of drug-likeness (QED) is 0.741. The molecule has 26 heavy (non-hydrogen) atoms. The predicted octanol–water partition coefficient (Wildman–Crippen LogP) is 2.01. The third-order valence-corrected chi connectivity index (χ3v) is 5.02. The van der Waals surface area contributed by atoms with Crippen molar-refractivity contribution in [2.24, 2.45) is 9.98 Å². The normalized spacial score (nSPS) is 16.0. The second-order valence-corrected chi connectivity index (χ2v) is 6.56. The minimum absolute atomic E-state index is 0.0419. The topological polar surface area (TPSA) is 90.4 Å². The standard InChI is InChI=1S/C19H16N4O3/c24-17-11-5-1-2-6-12(11)18(25)23(17)16-10-14-13(20-19(26)21-14)9-15(16)22-7-3-4-8-22/h1-2,5-6,9-10,24-25H,3-4,7-8H2. The van der Waals surface area contributed by atoms with Crippen LogP contribution in [0.2, 0.25) is 0 Å². The van der Waals surface area contributed by atoms with Crippen LogP contribution in [-0.2, 0) is 0 Å². The first-order valence-corrected chi connectivity index (χ1v) is 8.55. The molecular weight excluding hydrogens is 332 g/mol. The lowest BCUT2D eigenvalue weighted by Gasteiger charge is -2.22. The highest BCUT2D eigenvalue weighted by Gasteiger charge is 2.24. The summed E-state index contributed by atoms with van der Waals surface area (Å²) in [5, 5.41) is 23.6. The Morgan fingerprint density at radius 3 is 1.96 bits per heavy atom. The lowest BCUT2D eigenvalue weighted by molar-refractivity contribution is 0.256. The van der Waals surface area contributed by atoms with Gasteiger partial charge in [0.05, 0.1) is 22.1 Å². The molecule has 0 atom stereocenters. The van der Waals surface area contributed by atoms with Crippen molar-refractivity contribution in [2.75, 3.05) is 18.0 Å². The molecule has 0 radical (unpaired) electrons. The number of urea groups is 1. The fourth-order valence-electron chi connectivity index (χ4n) is 3.80. The molecule has 2 amide bonds. The molecule has 7 nitrogen and oxygen atoms in total. The third kappa shape index (κ3) is 2.03. The summed E-state index contributed by atoms with van der Waals surface area (Å²) >= 11 is 0. The van der Waals surface area contributed by atoms with Gasteiger partial charge in [-0.25, -0.2) is 9.36 Å². The van der Waals surface area contributed by atoms with Crippen molar-refractivity contribution < 1.29 is 15.0 Å². The molecule has 2 aliphatic rings. The van der Waals surface area contributed by atoms with Gasteiger partial charge in [-0.3, -0.25) is 0 Å². The smallest absolute Gasteiger partial charge is 0.368 e. The largest absolute Gasteiger partial charge is 0.494 e. The minimum Gasteiger partial charge on any atom is -0.494 e. The average molecular weight is 348 g/mol. The molecule has 1 saturated heterocycles. The van der Waals surface area contributed by atoms with Crippen LogP contribution in [-0.4, -0.2) is 33.9 Å². The van der Waals surface area contributed by atoms with Gasteiger partial charge in [0.25, 0.3) is 0 Å². The van der Waals surface area contributed by atoms with Gasteiger partial charge in [0, 0.05) is 23.9 Å². The van der Waals surface area contributed by atoms with E-state index >= 15 is 0 Å². The minimum atomic E-state index is -0.532. The van der Waals surface area contributed by atoms with Crippen molar-refractivity contribution in [2.45, 2.75) is 12.8 Å². The highest BCUT2D eigenvalue weighted by atomic mass is 16.3. The molecule has 7 heteroatoms. The van der Waals surface area contributed by atoms with Crippen LogP contribution in [0.1, 0.15) is 12.8 Å². The van der Waals surface area contributed by atoms with Crippen LogP contribution in [0, 0.1) is 0 Å². The Bertz CT molecular complexity index is 1150. The van der Waals surface area contributed by atoms with Gasteiger partial charge in [-0.05, 0) is 37.1 Å². The molecule has 2 aliphatic heterocycles. The lowest BCUT2D eigenvalue weighted by Crippen LogP contribution is -2.28. The third-order valence-electron chi connectivity index (χ3n) is 5.02. The molecule has 3 heterocycles. The SMILES string of the molecule is O=C1N=c2cc(N3CCCC3)c(-n3c(O)c4ccccc4c3O)cc2=N1. The second kappa shape index (κ2) is 5.32. The number of hydrogen-bond donors (Lipinski definition) is 2. The zero-order chi connectivity index (χ0) is 17.8. The van der Waals surface area contributed by atoms with Crippen LogP contribution in [0.4, 0.5) is 10.5 Å². The first-order valence-electron chi connectivity index (χ1n) is 8.55. The van der Waals surface area contributed by atoms with Crippen molar-refractivity contribution in [3.8, 4) is 17.4 Å². The zero-order valence-electron chi connectivity index (χ0n) is 13.9. The molecule has 1 aromatic heterocycles. The first-order chi connectivity index (χ1) is 12.6. The number of benzene rings is 2. The number of rotatable bonds is 2. The van der Waals surface area contributed by atoms with Crippen molar-refractivity contribution in [1.29, 1.82) is 0 Å². The monoisotopic (exact) mass is 348 g/mol. The Hall–Kier alpha value is -3.35. The zero-order valence-corrected chi connectivity index (χ0v) is 13.9. The van der Waals surface area contributed by atoms with E-state index in [2.05, 4.69) is 14.9 Å². The number of carbonyl (C=O) groups excluding carboxylic acids is 1. The molecule has 1 fully saturated rings. The van der Waals surface area contributed by atoms with E-state index < -0.39 is 6.03 Å². The fourth-order valence-corrected chi connectivity index (χ4v) is 3.80. The van der Waals surface area contributed by atoms with Crippen molar-refractivity contribution in [3.63, 3.8) is 0 Å². The van der Waals surface area contributed by atoms with Gasteiger partial charge in [0.15, 0.2) is 0 Å². The van der Waals surface area contributed by atoms with E-state index in [4.69, 9.17) is 0 Å². The Morgan fingerprint density at radius 1 is 0.846 bits per heavy atom. The maximum Gasteiger partial charge on any atom is 0.368 e. The lowest BCUT2D eigenvalue weighted by atomic mass is 10.2. The molecule has 0 spiro atoms. The molecule has 0 aliphatic carbocycles. The first kappa shape index (κ1) is 14.9. The number of anilines is 1. The summed E-state index contributed by atoms with van der Waals surface area (Å²) in [5.74, 6) is -0.0838. The number of nitrogens with zero attached hydrogens (tertiary/aromatic N) is 4. The van der Waals surface area contributed by atoms with E-state index in [1.165, 1.54) is 4.57 Å². The second-order valence-electron chi connectivity index (χ2n) is 6.56. The van der Waals surface area contributed by atoms with E-state index in [-0.39, 0.29) is 11.8 Å². The van der Waals surface area contributed by atoms with E-state index in [1.54, 1.807) is 18.2 Å². The molecule has 2 aromatic carbocycles. The van der Waals surface area contributed by atoms with Gasteiger partial charge < -0.3 is 15.1 Å². The van der Waals surface area contributed by atoms with Crippen molar-refractivity contribution >= 4 is 22.5 Å². The fraction of sp³-hybridized carbons (Fsp3) is 0.211. The van der Waals surface area contributed by atoms with Crippen LogP contribution in [0.25, 0.3) is 16.5 Å². The van der Waals surface area contributed by atoms with Gasteiger partial charge in [-0.1, -0.05) is 12.1 Å². The van der Waals surface area contributed by atoms with Crippen LogP contribution < -0.4 is 15.6 Å². The van der Waals surface area contributed by atoms with Gasteiger partial charge in [-0.2, -0.15) is 9.98 Å². The maximum absolute atomic E-state index is 11.6. The molecule has 3 aromatic rings. The van der Waals surface area contributed by atoms with Gasteiger partial charge >= 0.3 is 6.03 Å². The maximum atomic E-state index is 11.6. The summed E-state index contributed by atoms with van der Waals surface area (Å²) in [6.07, 6.45) is 2.14. The number of carbonyl (C=O) groups is 1. The number of aromatic nitrogens is 1. The molecule has 0 saturated carbocycles. The summed E-state index contributed by atoms with van der Waals surface area (Å²) in [6.45, 7) is 1.75. The number of fused-ring (bicyclic) bond motifs is 2. The van der Waals surface area contributed by atoms with Gasteiger partial charge in [0.2, 0.25) is 11.8 Å². The molecular formula is C19H16N4O3. The Morgan fingerprint density at radius 2 is 1.38 bits per heavy atom. The molecule has 130 valence electrons. The van der Waals surface area contributed by atoms with E-state index in [1.807, 2.05) is 18.2 Å². The molecule has 0 bridgehead atoms. The Labute approximate surface area is 148 Å². The summed E-state index contributed by atoms with van der Waals surface area (Å²) in [4.78, 5) is 21.6. The highest BCUT2D eigenvalue weighted by Crippen LogP contribution is 2.40. The number of hydrogen-bond acceptors (Lipinski definition) is 4. The summed E-state index contributed by atoms with van der Waals surface area (Å²) in [5.41, 5.74) is 1.41. The van der Waals surface area contributed by atoms with Gasteiger partial charge in [0.1, 0.15) is 0 Å². The molecule has 5 rings (SSSR count). The van der Waals surface area contributed by atoms with Crippen molar-refractivity contribution in [3.05, 3.63) is 47.1 Å². The van der Waals surface area contributed by atoms with E-state index in [0.29, 0.717) is 27.2 Å². The Balaban J connectivity index is 1.85. The predicted molar refractivity (Wildman–Crippen MR) is 95.8 cm³/mol. The van der Waals surface area contributed by atoms with Crippen LogP contribution in [0.3, 0.4) is 0 Å². The number of aromatic hydroxyl groups is 2. The average Bonchev–Trinajstić information content (AvgIpc) is 3.33. The molecule has 2 N–H and O–H groups in total. The van der Waals surface area contributed by atoms with E-state index in [0.717, 1.165) is 31.6 Å². The van der Waals surface area contributed by atoms with Gasteiger partial charge in [-0.15, -0.1) is 0 Å². The Kier molecular flexibility index (Phi) is 3.06. The molecule has 0 unspecified atom stereocenters. The number of amides is 2.